The SMILES string of the molecule is CN(CCN(Cc1cc(Cl)cc(Cl)c1)C(N)=O)C1=Nc2nc(Cl)ccc2C1.CN(CCNCc1cc(Cl)cc(Cl)c1)C1=Nc2nc(Cl)ccc2C1. The van der Waals surface area contributed by atoms with Gasteiger partial charge in [-0.15, -0.1) is 0 Å². The molecular formula is C35H35Cl6N9O. The van der Waals surface area contributed by atoms with Crippen LogP contribution in [-0.4, -0.2) is 82.6 Å². The maximum atomic E-state index is 11.8. The molecule has 4 heterocycles. The molecule has 0 saturated heterocycles. The number of carbonyl (C=O) groups is 1. The average molecular weight is 810 g/mol. The molecule has 2 aliphatic rings. The number of nitrogens with zero attached hydrogens (tertiary/aromatic N) is 7. The Hall–Kier alpha value is -3.35. The highest BCUT2D eigenvalue weighted by Crippen LogP contribution is 2.28. The van der Waals surface area contributed by atoms with E-state index in [-0.39, 0.29) is 0 Å². The molecule has 0 atom stereocenters. The summed E-state index contributed by atoms with van der Waals surface area (Å²) < 4.78 is 0. The number of hydrogen-bond acceptors (Lipinski definition) is 8. The number of hydrogen-bond donors (Lipinski definition) is 2. The zero-order valence-corrected chi connectivity index (χ0v) is 32.3. The van der Waals surface area contributed by atoms with Crippen LogP contribution in [0.15, 0.2) is 70.6 Å². The van der Waals surface area contributed by atoms with Crippen molar-refractivity contribution in [3.05, 3.63) is 113 Å². The summed E-state index contributed by atoms with van der Waals surface area (Å²) in [6.07, 6.45) is 1.47. The van der Waals surface area contributed by atoms with Crippen molar-refractivity contribution in [1.82, 2.24) is 30.0 Å². The van der Waals surface area contributed by atoms with Gasteiger partial charge in [0.25, 0.3) is 0 Å². The minimum absolute atomic E-state index is 0.327. The van der Waals surface area contributed by atoms with E-state index in [4.69, 9.17) is 75.3 Å². The second kappa shape index (κ2) is 17.9. The van der Waals surface area contributed by atoms with Gasteiger partial charge in [-0.3, -0.25) is 0 Å². The van der Waals surface area contributed by atoms with Crippen LogP contribution in [0.5, 0.6) is 0 Å². The number of nitrogens with two attached hydrogens (primary N) is 1. The lowest BCUT2D eigenvalue weighted by atomic mass is 10.2. The van der Waals surface area contributed by atoms with E-state index >= 15 is 0 Å². The summed E-state index contributed by atoms with van der Waals surface area (Å²) in [5.41, 5.74) is 9.56. The summed E-state index contributed by atoms with van der Waals surface area (Å²) in [7, 11) is 3.95. The molecule has 51 heavy (non-hydrogen) atoms. The van der Waals surface area contributed by atoms with E-state index in [1.54, 1.807) is 36.4 Å². The topological polar surface area (TPSA) is 115 Å². The van der Waals surface area contributed by atoms with Crippen LogP contribution in [0.2, 0.25) is 30.4 Å². The van der Waals surface area contributed by atoms with Gasteiger partial charge in [0.1, 0.15) is 22.0 Å². The summed E-state index contributed by atoms with van der Waals surface area (Å²) in [5, 5.41) is 6.62. The zero-order valence-electron chi connectivity index (χ0n) is 27.8. The van der Waals surface area contributed by atoms with Gasteiger partial charge in [-0.2, -0.15) is 0 Å². The number of amidine groups is 2. The molecule has 16 heteroatoms. The number of likely N-dealkylation sites (N-methyl/N-ethyl adjacent to an activating group) is 2. The summed E-state index contributed by atoms with van der Waals surface area (Å²) in [5.74, 6) is 3.25. The number of carbonyl (C=O) groups excluding carboxylic acids is 1. The third-order valence-corrected chi connectivity index (χ3v) is 9.37. The molecule has 4 aromatic rings. The molecule has 6 rings (SSSR count). The number of aromatic nitrogens is 2. The van der Waals surface area contributed by atoms with Crippen molar-refractivity contribution >= 4 is 98.9 Å². The van der Waals surface area contributed by atoms with Crippen LogP contribution in [0, 0.1) is 0 Å². The first-order valence-electron chi connectivity index (χ1n) is 15.9. The maximum Gasteiger partial charge on any atom is 0.315 e. The van der Waals surface area contributed by atoms with Crippen molar-refractivity contribution in [2.24, 2.45) is 15.7 Å². The molecule has 0 unspecified atom stereocenters. The number of primary amides is 1. The first kappa shape index (κ1) is 38.9. The predicted octanol–water partition coefficient (Wildman–Crippen LogP) is 8.49. The Morgan fingerprint density at radius 2 is 1.16 bits per heavy atom. The van der Waals surface area contributed by atoms with E-state index < -0.39 is 6.03 Å². The van der Waals surface area contributed by atoms with Gasteiger partial charge in [0.2, 0.25) is 0 Å². The van der Waals surface area contributed by atoms with Crippen LogP contribution in [0.3, 0.4) is 0 Å². The van der Waals surface area contributed by atoms with Crippen molar-refractivity contribution in [1.29, 1.82) is 0 Å². The fourth-order valence-electron chi connectivity index (χ4n) is 5.39. The summed E-state index contributed by atoms with van der Waals surface area (Å²) in [6.45, 7) is 3.71. The monoisotopic (exact) mass is 807 g/mol. The van der Waals surface area contributed by atoms with Gasteiger partial charge in [0.15, 0.2) is 11.6 Å². The largest absolute Gasteiger partial charge is 0.361 e. The van der Waals surface area contributed by atoms with E-state index in [2.05, 4.69) is 30.2 Å². The van der Waals surface area contributed by atoms with E-state index in [1.807, 2.05) is 43.3 Å². The molecule has 268 valence electrons. The molecule has 0 fully saturated rings. The summed E-state index contributed by atoms with van der Waals surface area (Å²) in [4.78, 5) is 35.0. The van der Waals surface area contributed by atoms with E-state index in [0.717, 1.165) is 65.8 Å². The lowest BCUT2D eigenvalue weighted by Crippen LogP contribution is -2.41. The Balaban J connectivity index is 0.000000199. The molecule has 2 aliphatic heterocycles. The third-order valence-electron chi connectivity index (χ3n) is 8.08. The van der Waals surface area contributed by atoms with Crippen LogP contribution in [0.25, 0.3) is 0 Å². The highest BCUT2D eigenvalue weighted by Gasteiger charge is 2.21. The van der Waals surface area contributed by atoms with Crippen molar-refractivity contribution in [2.45, 2.75) is 25.9 Å². The number of fused-ring (bicyclic) bond motifs is 2. The van der Waals surface area contributed by atoms with Crippen LogP contribution in [0.4, 0.5) is 16.4 Å². The lowest BCUT2D eigenvalue weighted by molar-refractivity contribution is 0.201. The fraction of sp³-hybridized carbons (Fsp3) is 0.286. The molecule has 3 N–H and O–H groups in total. The standard InChI is InChI=1S/C18H18Cl3N5O.C17H17Cl3N4/c1-25(16-8-12-2-3-15(21)23-17(12)24-16)4-5-26(18(22)27)10-11-6-13(19)9-14(20)7-11;1-24(16-8-12-2-3-15(20)22-17(12)23-16)5-4-21-10-11-6-13(18)9-14(19)7-11/h2-3,6-7,9H,4-5,8,10H2,1H3,(H2,22,27);2-3,6-7,9,21H,4-5,8,10H2,1H3. The first-order valence-corrected chi connectivity index (χ1v) is 18.1. The Morgan fingerprint density at radius 3 is 1.65 bits per heavy atom. The molecular weight excluding hydrogens is 775 g/mol. The molecule has 2 amide bonds. The van der Waals surface area contributed by atoms with Gasteiger partial charge in [0.05, 0.1) is 0 Å². The molecule has 0 aliphatic carbocycles. The molecule has 0 spiro atoms. The van der Waals surface area contributed by atoms with E-state index in [9.17, 15) is 4.79 Å². The van der Waals surface area contributed by atoms with Crippen molar-refractivity contribution in [3.63, 3.8) is 0 Å². The quantitative estimate of drug-likeness (QED) is 0.123. The Labute approximate surface area is 327 Å². The van der Waals surface area contributed by atoms with Crippen molar-refractivity contribution in [2.75, 3.05) is 40.3 Å². The second-order valence-electron chi connectivity index (χ2n) is 12.0. The fourth-order valence-corrected chi connectivity index (χ4v) is 6.82. The highest BCUT2D eigenvalue weighted by molar-refractivity contribution is 6.35. The normalized spacial score (nSPS) is 12.7. The highest BCUT2D eigenvalue weighted by atomic mass is 35.5. The molecule has 10 nitrogen and oxygen atoms in total. The number of pyridine rings is 2. The average Bonchev–Trinajstić information content (AvgIpc) is 3.68. The second-order valence-corrected chi connectivity index (χ2v) is 14.5. The summed E-state index contributed by atoms with van der Waals surface area (Å²) >= 11 is 35.9. The molecule has 2 aromatic heterocycles. The van der Waals surface area contributed by atoms with Crippen LogP contribution >= 0.6 is 69.6 Å². The molecule has 0 bridgehead atoms. The van der Waals surface area contributed by atoms with Gasteiger partial charge in [0, 0.05) is 97.4 Å². The number of amides is 2. The van der Waals surface area contributed by atoms with Crippen LogP contribution in [-0.2, 0) is 25.9 Å². The Kier molecular flexibility index (Phi) is 13.7. The number of halogens is 6. The van der Waals surface area contributed by atoms with Gasteiger partial charge in [-0.1, -0.05) is 81.7 Å². The van der Waals surface area contributed by atoms with Crippen molar-refractivity contribution < 1.29 is 4.79 Å². The van der Waals surface area contributed by atoms with Crippen molar-refractivity contribution in [3.8, 4) is 0 Å². The summed E-state index contributed by atoms with van der Waals surface area (Å²) in [6, 6.07) is 17.7. The number of nitrogens with one attached hydrogen (secondary N) is 1. The lowest BCUT2D eigenvalue weighted by Gasteiger charge is -2.25. The molecule has 2 aromatic carbocycles. The van der Waals surface area contributed by atoms with Gasteiger partial charge >= 0.3 is 6.03 Å². The van der Waals surface area contributed by atoms with Gasteiger partial charge in [-0.05, 0) is 59.7 Å². The predicted molar refractivity (Wildman–Crippen MR) is 210 cm³/mol. The van der Waals surface area contributed by atoms with E-state index in [0.29, 0.717) is 62.3 Å². The minimum Gasteiger partial charge on any atom is -0.361 e. The van der Waals surface area contributed by atoms with Crippen LogP contribution < -0.4 is 11.1 Å². The van der Waals surface area contributed by atoms with Gasteiger partial charge in [-0.25, -0.2) is 24.7 Å². The number of rotatable bonds is 10. The molecule has 0 radical (unpaired) electrons. The Bertz CT molecular complexity index is 1920. The zero-order chi connectivity index (χ0) is 36.7. The number of urea groups is 1. The van der Waals surface area contributed by atoms with Crippen LogP contribution in [0.1, 0.15) is 22.3 Å². The maximum absolute atomic E-state index is 11.8. The smallest absolute Gasteiger partial charge is 0.315 e. The first-order chi connectivity index (χ1) is 24.3. The third kappa shape index (κ3) is 11.3. The van der Waals surface area contributed by atoms with Gasteiger partial charge < -0.3 is 25.8 Å². The molecule has 0 saturated carbocycles. The number of aliphatic imine (C=N–C) groups is 2. The number of benzene rings is 2. The van der Waals surface area contributed by atoms with E-state index in [1.165, 1.54) is 4.90 Å². The minimum atomic E-state index is -0.510. The Morgan fingerprint density at radius 1 is 0.686 bits per heavy atom.